The van der Waals surface area contributed by atoms with Gasteiger partial charge in [0.25, 0.3) is 0 Å². The largest absolute Gasteiger partial charge is 0.469 e. The number of nitrogens with zero attached hydrogens (tertiary/aromatic N) is 1. The second-order valence-electron chi connectivity index (χ2n) is 5.28. The van der Waals surface area contributed by atoms with Crippen LogP contribution in [-0.2, 0) is 6.42 Å². The molecule has 2 atom stereocenters. The van der Waals surface area contributed by atoms with Gasteiger partial charge in [0.2, 0.25) is 0 Å². The molecule has 17 heavy (non-hydrogen) atoms. The molecule has 1 aliphatic rings. The molecule has 3 heteroatoms. The molecule has 3 nitrogen and oxygen atoms in total. The molecule has 0 radical (unpaired) electrons. The number of rotatable bonds is 5. The Hall–Kier alpha value is -0.800. The molecule has 0 amide bonds. The second kappa shape index (κ2) is 6.22. The second-order valence-corrected chi connectivity index (χ2v) is 5.28. The highest BCUT2D eigenvalue weighted by atomic mass is 16.3. The molecule has 0 aliphatic carbocycles. The lowest BCUT2D eigenvalue weighted by Crippen LogP contribution is -2.40. The maximum atomic E-state index is 5.41. The van der Waals surface area contributed by atoms with Crippen molar-refractivity contribution < 1.29 is 4.42 Å². The number of hydrogen-bond donors (Lipinski definition) is 1. The molecular formula is C14H24N2O. The Morgan fingerprint density at radius 2 is 2.47 bits per heavy atom. The lowest BCUT2D eigenvalue weighted by Gasteiger charge is -2.31. The Bertz CT molecular complexity index is 304. The standard InChI is InChI=1S/C14H24N2O/c1-12(9-14-6-4-8-17-14)16(2)11-13-5-3-7-15-10-13/h4,6,8,12-13,15H,3,5,7,9-11H2,1-2H3. The Balaban J connectivity index is 1.76. The van der Waals surface area contributed by atoms with Crippen molar-refractivity contribution in [3.05, 3.63) is 24.2 Å². The Labute approximate surface area is 104 Å². The summed E-state index contributed by atoms with van der Waals surface area (Å²) in [6, 6.07) is 4.57. The fourth-order valence-electron chi connectivity index (χ4n) is 2.54. The predicted molar refractivity (Wildman–Crippen MR) is 70.1 cm³/mol. The molecule has 2 rings (SSSR count). The number of hydrogen-bond acceptors (Lipinski definition) is 3. The molecule has 0 saturated carbocycles. The number of nitrogens with one attached hydrogen (secondary N) is 1. The summed E-state index contributed by atoms with van der Waals surface area (Å²) in [7, 11) is 2.22. The number of piperidine rings is 1. The predicted octanol–water partition coefficient (Wildman–Crippen LogP) is 2.14. The minimum absolute atomic E-state index is 0.545. The van der Waals surface area contributed by atoms with E-state index in [0.717, 1.165) is 18.1 Å². The number of likely N-dealkylation sites (N-methyl/N-ethyl adjacent to an activating group) is 1. The zero-order chi connectivity index (χ0) is 12.1. The fourth-order valence-corrected chi connectivity index (χ4v) is 2.54. The van der Waals surface area contributed by atoms with E-state index in [1.165, 1.54) is 32.5 Å². The van der Waals surface area contributed by atoms with E-state index in [1.807, 2.05) is 6.07 Å². The average Bonchev–Trinajstić information content (AvgIpc) is 2.83. The molecule has 0 aromatic carbocycles. The molecule has 0 bridgehead atoms. The first-order valence-electron chi connectivity index (χ1n) is 6.69. The third kappa shape index (κ3) is 3.86. The van der Waals surface area contributed by atoms with Crippen LogP contribution in [0.1, 0.15) is 25.5 Å². The van der Waals surface area contributed by atoms with Crippen LogP contribution in [0.4, 0.5) is 0 Å². The van der Waals surface area contributed by atoms with Crippen molar-refractivity contribution in [2.45, 2.75) is 32.2 Å². The maximum absolute atomic E-state index is 5.41. The molecule has 1 aromatic rings. The zero-order valence-electron chi connectivity index (χ0n) is 11.0. The molecule has 2 heterocycles. The van der Waals surface area contributed by atoms with Crippen LogP contribution in [-0.4, -0.2) is 37.6 Å². The van der Waals surface area contributed by atoms with E-state index in [4.69, 9.17) is 4.42 Å². The molecule has 1 fully saturated rings. The van der Waals surface area contributed by atoms with Crippen molar-refractivity contribution >= 4 is 0 Å². The van der Waals surface area contributed by atoms with Gasteiger partial charge in [0.1, 0.15) is 5.76 Å². The van der Waals surface area contributed by atoms with Gasteiger partial charge in [0.05, 0.1) is 6.26 Å². The van der Waals surface area contributed by atoms with Gasteiger partial charge >= 0.3 is 0 Å². The van der Waals surface area contributed by atoms with Crippen molar-refractivity contribution in [2.75, 3.05) is 26.7 Å². The summed E-state index contributed by atoms with van der Waals surface area (Å²) in [5, 5.41) is 3.48. The summed E-state index contributed by atoms with van der Waals surface area (Å²) >= 11 is 0. The van der Waals surface area contributed by atoms with Gasteiger partial charge in [0.15, 0.2) is 0 Å². The van der Waals surface area contributed by atoms with E-state index in [9.17, 15) is 0 Å². The first-order valence-corrected chi connectivity index (χ1v) is 6.69. The van der Waals surface area contributed by atoms with E-state index in [2.05, 4.69) is 30.3 Å². The van der Waals surface area contributed by atoms with Crippen molar-refractivity contribution in [3.63, 3.8) is 0 Å². The quantitative estimate of drug-likeness (QED) is 0.849. The van der Waals surface area contributed by atoms with Gasteiger partial charge in [-0.3, -0.25) is 0 Å². The summed E-state index contributed by atoms with van der Waals surface area (Å²) in [4.78, 5) is 2.46. The smallest absolute Gasteiger partial charge is 0.105 e. The van der Waals surface area contributed by atoms with Crippen LogP contribution in [0, 0.1) is 5.92 Å². The lowest BCUT2D eigenvalue weighted by molar-refractivity contribution is 0.192. The topological polar surface area (TPSA) is 28.4 Å². The maximum Gasteiger partial charge on any atom is 0.105 e. The normalized spacial score (nSPS) is 22.9. The molecular weight excluding hydrogens is 212 g/mol. The van der Waals surface area contributed by atoms with Crippen LogP contribution in [0.3, 0.4) is 0 Å². The van der Waals surface area contributed by atoms with Crippen LogP contribution in [0.25, 0.3) is 0 Å². The minimum atomic E-state index is 0.545. The summed E-state index contributed by atoms with van der Waals surface area (Å²) < 4.78 is 5.41. The summed E-state index contributed by atoms with van der Waals surface area (Å²) in [6.07, 6.45) is 5.45. The molecule has 96 valence electrons. The monoisotopic (exact) mass is 236 g/mol. The fraction of sp³-hybridized carbons (Fsp3) is 0.714. The van der Waals surface area contributed by atoms with Gasteiger partial charge < -0.3 is 14.6 Å². The van der Waals surface area contributed by atoms with Crippen LogP contribution >= 0.6 is 0 Å². The van der Waals surface area contributed by atoms with Crippen molar-refractivity contribution in [3.8, 4) is 0 Å². The van der Waals surface area contributed by atoms with E-state index in [-0.39, 0.29) is 0 Å². The van der Waals surface area contributed by atoms with Crippen LogP contribution < -0.4 is 5.32 Å². The Morgan fingerprint density at radius 3 is 3.12 bits per heavy atom. The van der Waals surface area contributed by atoms with Gasteiger partial charge in [-0.15, -0.1) is 0 Å². The summed E-state index contributed by atoms with van der Waals surface area (Å²) in [6.45, 7) is 5.84. The minimum Gasteiger partial charge on any atom is -0.469 e. The number of furan rings is 1. The highest BCUT2D eigenvalue weighted by molar-refractivity contribution is 5.00. The first-order chi connectivity index (χ1) is 8.25. The lowest BCUT2D eigenvalue weighted by atomic mass is 9.98. The van der Waals surface area contributed by atoms with Crippen LogP contribution in [0.5, 0.6) is 0 Å². The van der Waals surface area contributed by atoms with Crippen LogP contribution in [0.2, 0.25) is 0 Å². The van der Waals surface area contributed by atoms with Crippen molar-refractivity contribution in [1.29, 1.82) is 0 Å². The Kier molecular flexibility index (Phi) is 4.63. The highest BCUT2D eigenvalue weighted by Crippen LogP contribution is 2.14. The summed E-state index contributed by atoms with van der Waals surface area (Å²) in [5.41, 5.74) is 0. The van der Waals surface area contributed by atoms with Crippen molar-refractivity contribution in [2.24, 2.45) is 5.92 Å². The van der Waals surface area contributed by atoms with Gasteiger partial charge in [-0.05, 0) is 58.0 Å². The average molecular weight is 236 g/mol. The van der Waals surface area contributed by atoms with Gasteiger partial charge in [-0.2, -0.15) is 0 Å². The van der Waals surface area contributed by atoms with E-state index in [0.29, 0.717) is 6.04 Å². The molecule has 1 saturated heterocycles. The molecule has 1 aliphatic heterocycles. The van der Waals surface area contributed by atoms with E-state index < -0.39 is 0 Å². The third-order valence-corrected chi connectivity index (χ3v) is 3.77. The highest BCUT2D eigenvalue weighted by Gasteiger charge is 2.18. The molecule has 1 aromatic heterocycles. The molecule has 2 unspecified atom stereocenters. The van der Waals surface area contributed by atoms with Gasteiger partial charge in [0, 0.05) is 19.0 Å². The third-order valence-electron chi connectivity index (χ3n) is 3.77. The first kappa shape index (κ1) is 12.7. The van der Waals surface area contributed by atoms with Gasteiger partial charge in [-0.1, -0.05) is 0 Å². The summed E-state index contributed by atoms with van der Waals surface area (Å²) in [5.74, 6) is 1.90. The van der Waals surface area contributed by atoms with E-state index >= 15 is 0 Å². The Morgan fingerprint density at radius 1 is 1.59 bits per heavy atom. The molecule has 1 N–H and O–H groups in total. The van der Waals surface area contributed by atoms with Crippen molar-refractivity contribution in [1.82, 2.24) is 10.2 Å². The van der Waals surface area contributed by atoms with Gasteiger partial charge in [-0.25, -0.2) is 0 Å². The van der Waals surface area contributed by atoms with E-state index in [1.54, 1.807) is 6.26 Å². The van der Waals surface area contributed by atoms with Crippen LogP contribution in [0.15, 0.2) is 22.8 Å². The zero-order valence-corrected chi connectivity index (χ0v) is 11.0. The SMILES string of the molecule is CC(Cc1ccco1)N(C)CC1CCCNC1. The molecule has 0 spiro atoms.